The van der Waals surface area contributed by atoms with E-state index in [9.17, 15) is 9.18 Å². The molecular formula is C23H28FNO4. The largest absolute Gasteiger partial charge is 0.493 e. The van der Waals surface area contributed by atoms with Crippen molar-refractivity contribution in [3.63, 3.8) is 0 Å². The zero-order valence-electron chi connectivity index (χ0n) is 17.4. The fourth-order valence-electron chi connectivity index (χ4n) is 4.18. The molecule has 0 saturated heterocycles. The third-order valence-corrected chi connectivity index (χ3v) is 5.80. The van der Waals surface area contributed by atoms with Crippen molar-refractivity contribution in [1.29, 1.82) is 0 Å². The molecule has 1 amide bonds. The number of hydrogen-bond acceptors (Lipinski definition) is 4. The highest BCUT2D eigenvalue weighted by Gasteiger charge is 2.43. The van der Waals surface area contributed by atoms with Gasteiger partial charge in [-0.15, -0.1) is 0 Å². The summed E-state index contributed by atoms with van der Waals surface area (Å²) < 4.78 is 30.1. The molecule has 0 aromatic heterocycles. The van der Waals surface area contributed by atoms with Crippen LogP contribution in [-0.4, -0.2) is 27.2 Å². The van der Waals surface area contributed by atoms with E-state index in [2.05, 4.69) is 5.32 Å². The van der Waals surface area contributed by atoms with Gasteiger partial charge in [0, 0.05) is 0 Å². The van der Waals surface area contributed by atoms with Crippen LogP contribution in [-0.2, 0) is 10.2 Å². The number of rotatable bonds is 7. The summed E-state index contributed by atoms with van der Waals surface area (Å²) in [5, 5.41) is 3.12. The quantitative estimate of drug-likeness (QED) is 0.740. The molecule has 1 unspecified atom stereocenters. The van der Waals surface area contributed by atoms with Gasteiger partial charge in [-0.2, -0.15) is 0 Å². The van der Waals surface area contributed by atoms with Crippen molar-refractivity contribution in [3.8, 4) is 17.2 Å². The number of carbonyl (C=O) groups is 1. The van der Waals surface area contributed by atoms with E-state index < -0.39 is 5.41 Å². The monoisotopic (exact) mass is 401 g/mol. The molecule has 1 aliphatic rings. The average Bonchev–Trinajstić information content (AvgIpc) is 3.23. The lowest BCUT2D eigenvalue weighted by Gasteiger charge is -2.30. The molecule has 6 heteroatoms. The summed E-state index contributed by atoms with van der Waals surface area (Å²) in [7, 11) is 4.66. The number of benzene rings is 2. The van der Waals surface area contributed by atoms with Crippen LogP contribution in [0.25, 0.3) is 0 Å². The predicted octanol–water partition coefficient (Wildman–Crippen LogP) is 4.54. The van der Waals surface area contributed by atoms with Gasteiger partial charge in [0.25, 0.3) is 0 Å². The Hall–Kier alpha value is -2.76. The second-order valence-electron chi connectivity index (χ2n) is 7.45. The van der Waals surface area contributed by atoms with Crippen molar-refractivity contribution in [2.75, 3.05) is 21.3 Å². The first-order valence-corrected chi connectivity index (χ1v) is 9.82. The third-order valence-electron chi connectivity index (χ3n) is 5.80. The molecule has 5 nitrogen and oxygen atoms in total. The van der Waals surface area contributed by atoms with Crippen LogP contribution in [0.3, 0.4) is 0 Å². The minimum absolute atomic E-state index is 0.0816. The van der Waals surface area contributed by atoms with Crippen LogP contribution < -0.4 is 19.5 Å². The van der Waals surface area contributed by atoms with Crippen LogP contribution >= 0.6 is 0 Å². The zero-order valence-corrected chi connectivity index (χ0v) is 17.4. The number of nitrogens with one attached hydrogen (secondary N) is 1. The fourth-order valence-corrected chi connectivity index (χ4v) is 4.18. The van der Waals surface area contributed by atoms with Crippen LogP contribution in [0.2, 0.25) is 0 Å². The minimum atomic E-state index is -0.697. The Morgan fingerprint density at radius 3 is 2.17 bits per heavy atom. The SMILES string of the molecule is COc1cc(C(C)NC(=O)C2(c3cccc(F)c3)CCCC2)cc(OC)c1OC. The first kappa shape index (κ1) is 21.0. The van der Waals surface area contributed by atoms with Crippen LogP contribution in [0.15, 0.2) is 36.4 Å². The summed E-state index contributed by atoms with van der Waals surface area (Å²) in [5.74, 6) is 1.16. The Balaban J connectivity index is 1.89. The van der Waals surface area contributed by atoms with Gasteiger partial charge in [0.05, 0.1) is 32.8 Å². The number of halogens is 1. The summed E-state index contributed by atoms with van der Waals surface area (Å²) in [4.78, 5) is 13.4. The second kappa shape index (κ2) is 8.72. The Labute approximate surface area is 171 Å². The van der Waals surface area contributed by atoms with Crippen LogP contribution in [0.5, 0.6) is 17.2 Å². The van der Waals surface area contributed by atoms with Gasteiger partial charge in [-0.3, -0.25) is 4.79 Å². The second-order valence-corrected chi connectivity index (χ2v) is 7.45. The van der Waals surface area contributed by atoms with Gasteiger partial charge in [-0.05, 0) is 55.2 Å². The molecule has 156 valence electrons. The fraction of sp³-hybridized carbons (Fsp3) is 0.435. The van der Waals surface area contributed by atoms with Gasteiger partial charge in [0.15, 0.2) is 11.5 Å². The molecule has 0 radical (unpaired) electrons. The Bertz CT molecular complexity index is 852. The van der Waals surface area contributed by atoms with E-state index in [-0.39, 0.29) is 17.8 Å². The van der Waals surface area contributed by atoms with Gasteiger partial charge in [-0.1, -0.05) is 25.0 Å². The molecule has 1 saturated carbocycles. The summed E-state index contributed by atoms with van der Waals surface area (Å²) in [6.07, 6.45) is 3.32. The van der Waals surface area contributed by atoms with Crippen molar-refractivity contribution in [2.24, 2.45) is 0 Å². The molecule has 0 bridgehead atoms. The maximum Gasteiger partial charge on any atom is 0.231 e. The molecule has 2 aromatic carbocycles. The van der Waals surface area contributed by atoms with Crippen LogP contribution in [0.4, 0.5) is 4.39 Å². The highest BCUT2D eigenvalue weighted by atomic mass is 19.1. The Morgan fingerprint density at radius 2 is 1.66 bits per heavy atom. The molecule has 1 atom stereocenters. The van der Waals surface area contributed by atoms with E-state index >= 15 is 0 Å². The van der Waals surface area contributed by atoms with Gasteiger partial charge < -0.3 is 19.5 Å². The first-order chi connectivity index (χ1) is 13.9. The van der Waals surface area contributed by atoms with E-state index in [1.807, 2.05) is 25.1 Å². The van der Waals surface area contributed by atoms with E-state index in [1.165, 1.54) is 12.1 Å². The summed E-state index contributed by atoms with van der Waals surface area (Å²) in [6, 6.07) is 9.77. The van der Waals surface area contributed by atoms with Crippen molar-refractivity contribution in [1.82, 2.24) is 5.32 Å². The summed E-state index contributed by atoms with van der Waals surface area (Å²) in [5.41, 5.74) is 0.877. The smallest absolute Gasteiger partial charge is 0.231 e. The Kier molecular flexibility index (Phi) is 6.30. The van der Waals surface area contributed by atoms with Gasteiger partial charge in [0.1, 0.15) is 5.82 Å². The van der Waals surface area contributed by atoms with Gasteiger partial charge >= 0.3 is 0 Å². The average molecular weight is 401 g/mol. The highest BCUT2D eigenvalue weighted by molar-refractivity contribution is 5.89. The van der Waals surface area contributed by atoms with Crippen molar-refractivity contribution < 1.29 is 23.4 Å². The number of hydrogen-bond donors (Lipinski definition) is 1. The maximum absolute atomic E-state index is 13.8. The van der Waals surface area contributed by atoms with E-state index in [0.717, 1.165) is 24.0 Å². The first-order valence-electron chi connectivity index (χ1n) is 9.82. The molecule has 1 aliphatic carbocycles. The van der Waals surface area contributed by atoms with E-state index in [1.54, 1.807) is 27.4 Å². The lowest BCUT2D eigenvalue weighted by Crippen LogP contribution is -2.43. The topological polar surface area (TPSA) is 56.8 Å². The van der Waals surface area contributed by atoms with Crippen LogP contribution in [0, 0.1) is 5.82 Å². The molecule has 0 heterocycles. The Morgan fingerprint density at radius 1 is 1.03 bits per heavy atom. The van der Waals surface area contributed by atoms with Gasteiger partial charge in [-0.25, -0.2) is 4.39 Å². The van der Waals surface area contributed by atoms with Crippen LogP contribution in [0.1, 0.15) is 49.8 Å². The number of ether oxygens (including phenoxy) is 3. The molecule has 3 rings (SSSR count). The number of methoxy groups -OCH3 is 3. The molecule has 0 spiro atoms. The normalized spacial score (nSPS) is 16.2. The lowest BCUT2D eigenvalue weighted by atomic mass is 9.77. The summed E-state index contributed by atoms with van der Waals surface area (Å²) >= 11 is 0. The standard InChI is InChI=1S/C23H28FNO4/c1-15(16-12-19(27-2)21(29-4)20(13-16)28-3)25-22(26)23(10-5-6-11-23)17-8-7-9-18(24)14-17/h7-9,12-15H,5-6,10-11H2,1-4H3,(H,25,26). The predicted molar refractivity (Wildman–Crippen MR) is 109 cm³/mol. The number of carbonyl (C=O) groups excluding carboxylic acids is 1. The molecule has 1 fully saturated rings. The number of amides is 1. The zero-order chi connectivity index (χ0) is 21.0. The third kappa shape index (κ3) is 4.02. The molecule has 2 aromatic rings. The van der Waals surface area contributed by atoms with E-state index in [0.29, 0.717) is 30.1 Å². The summed E-state index contributed by atoms with van der Waals surface area (Å²) in [6.45, 7) is 1.91. The van der Waals surface area contributed by atoms with Crippen molar-refractivity contribution in [3.05, 3.63) is 53.3 Å². The minimum Gasteiger partial charge on any atom is -0.493 e. The molecular weight excluding hydrogens is 373 g/mol. The lowest BCUT2D eigenvalue weighted by molar-refractivity contribution is -0.127. The van der Waals surface area contributed by atoms with Crippen molar-refractivity contribution >= 4 is 5.91 Å². The molecule has 1 N–H and O–H groups in total. The highest BCUT2D eigenvalue weighted by Crippen LogP contribution is 2.43. The maximum atomic E-state index is 13.8. The molecule has 0 aliphatic heterocycles. The van der Waals surface area contributed by atoms with E-state index in [4.69, 9.17) is 14.2 Å². The van der Waals surface area contributed by atoms with Gasteiger partial charge in [0.2, 0.25) is 11.7 Å². The molecule has 29 heavy (non-hydrogen) atoms. The van der Waals surface area contributed by atoms with Crippen molar-refractivity contribution in [2.45, 2.75) is 44.1 Å².